The molecule has 1 atom stereocenters. The Balaban J connectivity index is 1.92. The molecule has 1 aromatic rings. The molecule has 4 nitrogen and oxygen atoms in total. The zero-order valence-corrected chi connectivity index (χ0v) is 12.0. The smallest absolute Gasteiger partial charge is 0.329 e. The normalized spacial score (nSPS) is 17.3. The predicted molar refractivity (Wildman–Crippen MR) is 76.4 cm³/mol. The van der Waals surface area contributed by atoms with E-state index in [9.17, 15) is 14.7 Å². The van der Waals surface area contributed by atoms with Crippen molar-refractivity contribution >= 4 is 11.9 Å². The number of aryl methyl sites for hydroxylation is 2. The summed E-state index contributed by atoms with van der Waals surface area (Å²) in [5.41, 5.74) is 1.18. The van der Waals surface area contributed by atoms with Crippen LogP contribution in [0.2, 0.25) is 0 Å². The van der Waals surface area contributed by atoms with E-state index in [0.717, 1.165) is 24.0 Å². The molecule has 0 heterocycles. The number of carbonyl (C=O) groups excluding carboxylic acids is 1. The number of hydrogen-bond donors (Lipinski definition) is 2. The van der Waals surface area contributed by atoms with Crippen LogP contribution in [-0.4, -0.2) is 22.5 Å². The van der Waals surface area contributed by atoms with Gasteiger partial charge in [0.05, 0.1) is 0 Å². The lowest BCUT2D eigenvalue weighted by Gasteiger charge is -2.26. The van der Waals surface area contributed by atoms with E-state index in [1.807, 2.05) is 31.2 Å². The minimum atomic E-state index is -1.11. The van der Waals surface area contributed by atoms with Crippen LogP contribution in [-0.2, 0) is 16.0 Å². The Hall–Kier alpha value is -1.84. The zero-order valence-electron chi connectivity index (χ0n) is 12.0. The fourth-order valence-corrected chi connectivity index (χ4v) is 2.48. The monoisotopic (exact) mass is 275 g/mol. The van der Waals surface area contributed by atoms with Gasteiger partial charge in [0, 0.05) is 6.42 Å². The van der Waals surface area contributed by atoms with Crippen molar-refractivity contribution in [1.82, 2.24) is 5.32 Å². The molecule has 0 saturated heterocycles. The van der Waals surface area contributed by atoms with Gasteiger partial charge in [0.25, 0.3) is 0 Å². The summed E-state index contributed by atoms with van der Waals surface area (Å²) < 4.78 is 0. The van der Waals surface area contributed by atoms with Gasteiger partial charge in [0.1, 0.15) is 5.54 Å². The number of carbonyl (C=O) groups is 2. The second kappa shape index (κ2) is 5.65. The van der Waals surface area contributed by atoms with Gasteiger partial charge >= 0.3 is 5.97 Å². The molecule has 108 valence electrons. The number of carboxylic acids is 1. The fourth-order valence-electron chi connectivity index (χ4n) is 2.48. The summed E-state index contributed by atoms with van der Waals surface area (Å²) >= 11 is 0. The van der Waals surface area contributed by atoms with Crippen molar-refractivity contribution in [3.63, 3.8) is 0 Å². The average molecular weight is 275 g/mol. The largest absolute Gasteiger partial charge is 0.480 e. The maximum Gasteiger partial charge on any atom is 0.329 e. The standard InChI is InChI=1S/C16H21NO3/c1-11-5-3-4-6-12(11)7-10-14(18)17-16(2,15(19)20)13-8-9-13/h3-6,13H,7-10H2,1-2H3,(H,17,18)(H,19,20). The molecule has 1 aromatic carbocycles. The summed E-state index contributed by atoms with van der Waals surface area (Å²) in [6.07, 6.45) is 2.71. The van der Waals surface area contributed by atoms with Gasteiger partial charge in [-0.25, -0.2) is 4.79 Å². The van der Waals surface area contributed by atoms with Crippen molar-refractivity contribution < 1.29 is 14.7 Å². The summed E-state index contributed by atoms with van der Waals surface area (Å²) in [7, 11) is 0. The van der Waals surface area contributed by atoms with Gasteiger partial charge in [-0.1, -0.05) is 24.3 Å². The third-order valence-corrected chi connectivity index (χ3v) is 4.12. The van der Waals surface area contributed by atoms with E-state index in [0.29, 0.717) is 12.8 Å². The van der Waals surface area contributed by atoms with Crippen LogP contribution in [0.1, 0.15) is 37.3 Å². The van der Waals surface area contributed by atoms with Crippen LogP contribution in [0.3, 0.4) is 0 Å². The predicted octanol–water partition coefficient (Wildman–Crippen LogP) is 2.30. The first kappa shape index (κ1) is 14.6. The molecule has 1 aliphatic rings. The molecule has 0 radical (unpaired) electrons. The third kappa shape index (κ3) is 3.18. The lowest BCUT2D eigenvalue weighted by atomic mass is 9.95. The van der Waals surface area contributed by atoms with Gasteiger partial charge in [-0.15, -0.1) is 0 Å². The lowest BCUT2D eigenvalue weighted by Crippen LogP contribution is -2.54. The first-order valence-electron chi connectivity index (χ1n) is 7.02. The Morgan fingerprint density at radius 3 is 2.55 bits per heavy atom. The molecule has 20 heavy (non-hydrogen) atoms. The van der Waals surface area contributed by atoms with E-state index in [1.165, 1.54) is 0 Å². The Kier molecular flexibility index (Phi) is 4.12. The van der Waals surface area contributed by atoms with E-state index in [1.54, 1.807) is 6.92 Å². The average Bonchev–Trinajstić information content (AvgIpc) is 3.22. The molecule has 0 aromatic heterocycles. The number of rotatable bonds is 6. The van der Waals surface area contributed by atoms with Gasteiger partial charge in [0.15, 0.2) is 0 Å². The van der Waals surface area contributed by atoms with Crippen molar-refractivity contribution in [1.29, 1.82) is 0 Å². The molecule has 2 rings (SSSR count). The number of benzene rings is 1. The van der Waals surface area contributed by atoms with Crippen LogP contribution in [0.5, 0.6) is 0 Å². The van der Waals surface area contributed by atoms with E-state index < -0.39 is 11.5 Å². The highest BCUT2D eigenvalue weighted by atomic mass is 16.4. The molecule has 1 aliphatic carbocycles. The number of nitrogens with one attached hydrogen (secondary N) is 1. The Morgan fingerprint density at radius 1 is 1.35 bits per heavy atom. The summed E-state index contributed by atoms with van der Waals surface area (Å²) in [5, 5.41) is 12.0. The second-order valence-electron chi connectivity index (χ2n) is 5.76. The molecular formula is C16H21NO3. The van der Waals surface area contributed by atoms with Crippen LogP contribution in [0.4, 0.5) is 0 Å². The molecule has 2 N–H and O–H groups in total. The van der Waals surface area contributed by atoms with Gasteiger partial charge in [0.2, 0.25) is 5.91 Å². The van der Waals surface area contributed by atoms with Crippen molar-refractivity contribution in [3.8, 4) is 0 Å². The summed E-state index contributed by atoms with van der Waals surface area (Å²) in [4.78, 5) is 23.4. The van der Waals surface area contributed by atoms with Crippen molar-refractivity contribution in [3.05, 3.63) is 35.4 Å². The number of aliphatic carboxylic acids is 1. The topological polar surface area (TPSA) is 66.4 Å². The van der Waals surface area contributed by atoms with Crippen molar-refractivity contribution in [2.24, 2.45) is 5.92 Å². The van der Waals surface area contributed by atoms with E-state index in [-0.39, 0.29) is 11.8 Å². The van der Waals surface area contributed by atoms with E-state index in [2.05, 4.69) is 5.32 Å². The maximum absolute atomic E-state index is 12.0. The first-order valence-corrected chi connectivity index (χ1v) is 7.02. The van der Waals surface area contributed by atoms with Gasteiger partial charge < -0.3 is 10.4 Å². The van der Waals surface area contributed by atoms with Gasteiger partial charge in [-0.3, -0.25) is 4.79 Å². The molecule has 0 spiro atoms. The lowest BCUT2D eigenvalue weighted by molar-refractivity contribution is -0.147. The highest BCUT2D eigenvalue weighted by Crippen LogP contribution is 2.39. The molecule has 1 amide bonds. The van der Waals surface area contributed by atoms with Crippen LogP contribution < -0.4 is 5.32 Å². The van der Waals surface area contributed by atoms with E-state index in [4.69, 9.17) is 0 Å². The summed E-state index contributed by atoms with van der Waals surface area (Å²) in [6.45, 7) is 3.62. The molecule has 1 fully saturated rings. The molecule has 1 saturated carbocycles. The van der Waals surface area contributed by atoms with Crippen molar-refractivity contribution in [2.45, 2.75) is 45.1 Å². The molecule has 4 heteroatoms. The number of carboxylic acid groups (broad SMARTS) is 1. The van der Waals surface area contributed by atoms with Gasteiger partial charge in [-0.05, 0) is 50.2 Å². The Labute approximate surface area is 119 Å². The molecule has 0 bridgehead atoms. The van der Waals surface area contributed by atoms with Crippen LogP contribution in [0, 0.1) is 12.8 Å². The van der Waals surface area contributed by atoms with E-state index >= 15 is 0 Å². The van der Waals surface area contributed by atoms with Crippen LogP contribution >= 0.6 is 0 Å². The Bertz CT molecular complexity index is 522. The minimum Gasteiger partial charge on any atom is -0.480 e. The molecule has 0 aliphatic heterocycles. The maximum atomic E-state index is 12.0. The minimum absolute atomic E-state index is 0.0717. The van der Waals surface area contributed by atoms with Crippen LogP contribution in [0.25, 0.3) is 0 Å². The van der Waals surface area contributed by atoms with Crippen molar-refractivity contribution in [2.75, 3.05) is 0 Å². The SMILES string of the molecule is Cc1ccccc1CCC(=O)NC(C)(C(=O)O)C1CC1. The third-order valence-electron chi connectivity index (χ3n) is 4.12. The highest BCUT2D eigenvalue weighted by Gasteiger charge is 2.48. The Morgan fingerprint density at radius 2 is 2.00 bits per heavy atom. The van der Waals surface area contributed by atoms with Crippen LogP contribution in [0.15, 0.2) is 24.3 Å². The molecule has 1 unspecified atom stereocenters. The first-order chi connectivity index (χ1) is 9.43. The molecular weight excluding hydrogens is 254 g/mol. The zero-order chi connectivity index (χ0) is 14.8. The summed E-state index contributed by atoms with van der Waals surface area (Å²) in [5.74, 6) is -1.06. The summed E-state index contributed by atoms with van der Waals surface area (Å²) in [6, 6.07) is 7.93. The fraction of sp³-hybridized carbons (Fsp3) is 0.500. The quantitative estimate of drug-likeness (QED) is 0.837. The van der Waals surface area contributed by atoms with Gasteiger partial charge in [-0.2, -0.15) is 0 Å². The number of amides is 1. The second-order valence-corrected chi connectivity index (χ2v) is 5.76. The number of hydrogen-bond acceptors (Lipinski definition) is 2. The highest BCUT2D eigenvalue weighted by molar-refractivity contribution is 5.87.